The minimum Gasteiger partial charge on any atom is -0.497 e. The average molecular weight is 494 g/mol. The Morgan fingerprint density at radius 1 is 1.14 bits per heavy atom. The molecule has 1 unspecified atom stereocenters. The lowest BCUT2D eigenvalue weighted by Crippen LogP contribution is -2.44. The lowest BCUT2D eigenvalue weighted by atomic mass is 10.2. The smallest absolute Gasteiger partial charge is 0.191 e. The van der Waals surface area contributed by atoms with Gasteiger partial charge < -0.3 is 20.3 Å². The molecule has 0 saturated carbocycles. The van der Waals surface area contributed by atoms with Crippen molar-refractivity contribution in [3.8, 4) is 5.75 Å². The second kappa shape index (κ2) is 11.1. The molecule has 6 heteroatoms. The highest BCUT2D eigenvalue weighted by molar-refractivity contribution is 14.0. The summed E-state index contributed by atoms with van der Waals surface area (Å²) in [6, 6.07) is 17.2. The molecule has 152 valence electrons. The van der Waals surface area contributed by atoms with Crippen LogP contribution in [0.4, 0.5) is 5.69 Å². The molecular formula is C22H31IN4O. The number of hydrogen-bond acceptors (Lipinski definition) is 3. The maximum absolute atomic E-state index is 5.21. The second-order valence-corrected chi connectivity index (χ2v) is 6.95. The van der Waals surface area contributed by atoms with Crippen LogP contribution in [0, 0.1) is 6.92 Å². The van der Waals surface area contributed by atoms with Crippen molar-refractivity contribution in [3.05, 3.63) is 59.7 Å². The van der Waals surface area contributed by atoms with Gasteiger partial charge in [0.15, 0.2) is 5.96 Å². The van der Waals surface area contributed by atoms with Gasteiger partial charge in [0.2, 0.25) is 0 Å². The van der Waals surface area contributed by atoms with Crippen LogP contribution in [-0.2, 0) is 6.54 Å². The first kappa shape index (κ1) is 22.3. The summed E-state index contributed by atoms with van der Waals surface area (Å²) in [5, 5.41) is 6.95. The van der Waals surface area contributed by atoms with Crippen LogP contribution >= 0.6 is 24.0 Å². The Balaban J connectivity index is 0.00000280. The van der Waals surface area contributed by atoms with Crippen LogP contribution in [0.15, 0.2) is 53.5 Å². The third kappa shape index (κ3) is 6.29. The fraction of sp³-hybridized carbons (Fsp3) is 0.409. The zero-order valence-corrected chi connectivity index (χ0v) is 19.3. The molecule has 5 nitrogen and oxygen atoms in total. The van der Waals surface area contributed by atoms with Crippen LogP contribution in [0.3, 0.4) is 0 Å². The fourth-order valence-corrected chi connectivity index (χ4v) is 3.28. The molecule has 0 amide bonds. The number of nitrogens with one attached hydrogen (secondary N) is 2. The van der Waals surface area contributed by atoms with E-state index in [9.17, 15) is 0 Å². The van der Waals surface area contributed by atoms with Crippen molar-refractivity contribution in [2.24, 2.45) is 4.99 Å². The number of hydrogen-bond donors (Lipinski definition) is 2. The molecule has 2 aromatic carbocycles. The molecular weight excluding hydrogens is 463 g/mol. The molecule has 1 atom stereocenters. The second-order valence-electron chi connectivity index (χ2n) is 6.95. The van der Waals surface area contributed by atoms with E-state index in [4.69, 9.17) is 9.73 Å². The van der Waals surface area contributed by atoms with E-state index in [0.717, 1.165) is 37.8 Å². The number of guanidine groups is 1. The van der Waals surface area contributed by atoms with E-state index in [1.165, 1.54) is 16.8 Å². The summed E-state index contributed by atoms with van der Waals surface area (Å²) in [7, 11) is 1.68. The Hall–Kier alpha value is -1.96. The molecule has 3 rings (SSSR count). The first-order valence-corrected chi connectivity index (χ1v) is 9.67. The first-order chi connectivity index (χ1) is 13.2. The van der Waals surface area contributed by atoms with Crippen LogP contribution in [0.2, 0.25) is 0 Å². The van der Waals surface area contributed by atoms with Gasteiger partial charge in [0, 0.05) is 31.4 Å². The molecule has 28 heavy (non-hydrogen) atoms. The molecule has 0 aliphatic carbocycles. The number of aliphatic imine (C=N–C) groups is 1. The topological polar surface area (TPSA) is 48.9 Å². The number of benzene rings is 2. The van der Waals surface area contributed by atoms with E-state index in [1.807, 2.05) is 12.1 Å². The zero-order valence-electron chi connectivity index (χ0n) is 16.9. The minimum atomic E-state index is 0. The van der Waals surface area contributed by atoms with Crippen molar-refractivity contribution in [2.75, 3.05) is 31.6 Å². The Kier molecular flexibility index (Phi) is 8.89. The normalized spacial score (nSPS) is 16.5. The Morgan fingerprint density at radius 3 is 2.50 bits per heavy atom. The largest absolute Gasteiger partial charge is 0.497 e. The summed E-state index contributed by atoms with van der Waals surface area (Å²) in [4.78, 5) is 7.18. The standard InChI is InChI=1S/C22H30N4O.HI/c1-4-23-22(24-15-18-7-11-21(27-3)12-8-18)25-19-13-14-26(16-19)20-9-5-17(2)6-10-20;/h5-12,19H,4,13-16H2,1-3H3,(H2,23,24,25);1H. The van der Waals surface area contributed by atoms with Crippen LogP contribution in [-0.4, -0.2) is 38.7 Å². The third-order valence-corrected chi connectivity index (χ3v) is 4.85. The van der Waals surface area contributed by atoms with E-state index in [0.29, 0.717) is 12.6 Å². The van der Waals surface area contributed by atoms with E-state index in [1.54, 1.807) is 7.11 Å². The van der Waals surface area contributed by atoms with Crippen molar-refractivity contribution < 1.29 is 4.74 Å². The Bertz CT molecular complexity index is 746. The van der Waals surface area contributed by atoms with Gasteiger partial charge in [-0.15, -0.1) is 24.0 Å². The minimum absolute atomic E-state index is 0. The van der Waals surface area contributed by atoms with Crippen molar-refractivity contribution in [1.29, 1.82) is 0 Å². The van der Waals surface area contributed by atoms with Gasteiger partial charge in [-0.3, -0.25) is 0 Å². The SMILES string of the molecule is CCNC(=NCc1ccc(OC)cc1)NC1CCN(c2ccc(C)cc2)C1.I. The molecule has 2 N–H and O–H groups in total. The Morgan fingerprint density at radius 2 is 1.86 bits per heavy atom. The molecule has 0 radical (unpaired) electrons. The van der Waals surface area contributed by atoms with E-state index in [2.05, 4.69) is 65.8 Å². The first-order valence-electron chi connectivity index (χ1n) is 9.67. The number of nitrogens with zero attached hydrogens (tertiary/aromatic N) is 2. The zero-order chi connectivity index (χ0) is 19.1. The molecule has 1 fully saturated rings. The number of halogens is 1. The van der Waals surface area contributed by atoms with E-state index >= 15 is 0 Å². The molecule has 1 aliphatic rings. The van der Waals surface area contributed by atoms with Gasteiger partial charge in [0.25, 0.3) is 0 Å². The summed E-state index contributed by atoms with van der Waals surface area (Å²) in [5.41, 5.74) is 3.76. The van der Waals surface area contributed by atoms with Gasteiger partial charge in [-0.05, 0) is 50.1 Å². The lowest BCUT2D eigenvalue weighted by Gasteiger charge is -2.20. The predicted octanol–water partition coefficient (Wildman–Crippen LogP) is 3.96. The highest BCUT2D eigenvalue weighted by Gasteiger charge is 2.23. The monoisotopic (exact) mass is 494 g/mol. The van der Waals surface area contributed by atoms with Crippen LogP contribution in [0.5, 0.6) is 5.75 Å². The van der Waals surface area contributed by atoms with Gasteiger partial charge in [-0.1, -0.05) is 29.8 Å². The van der Waals surface area contributed by atoms with Gasteiger partial charge >= 0.3 is 0 Å². The average Bonchev–Trinajstić information content (AvgIpc) is 3.16. The number of methoxy groups -OCH3 is 1. The summed E-state index contributed by atoms with van der Waals surface area (Å²) < 4.78 is 5.21. The Labute approximate surface area is 185 Å². The van der Waals surface area contributed by atoms with Gasteiger partial charge in [-0.2, -0.15) is 0 Å². The quantitative estimate of drug-likeness (QED) is 0.363. The lowest BCUT2D eigenvalue weighted by molar-refractivity contribution is 0.414. The molecule has 1 heterocycles. The van der Waals surface area contributed by atoms with Gasteiger partial charge in [0.05, 0.1) is 13.7 Å². The molecule has 2 aromatic rings. The number of aryl methyl sites for hydroxylation is 1. The summed E-state index contributed by atoms with van der Waals surface area (Å²) in [6.07, 6.45) is 1.11. The third-order valence-electron chi connectivity index (χ3n) is 4.85. The summed E-state index contributed by atoms with van der Waals surface area (Å²) in [5.74, 6) is 1.75. The van der Waals surface area contributed by atoms with Crippen LogP contribution < -0.4 is 20.3 Å². The van der Waals surface area contributed by atoms with Crippen molar-refractivity contribution >= 4 is 35.6 Å². The molecule has 0 spiro atoms. The van der Waals surface area contributed by atoms with Gasteiger partial charge in [0.1, 0.15) is 5.75 Å². The summed E-state index contributed by atoms with van der Waals surface area (Å²) in [6.45, 7) is 7.78. The van der Waals surface area contributed by atoms with E-state index < -0.39 is 0 Å². The molecule has 1 saturated heterocycles. The highest BCUT2D eigenvalue weighted by Crippen LogP contribution is 2.20. The molecule has 0 bridgehead atoms. The van der Waals surface area contributed by atoms with E-state index in [-0.39, 0.29) is 24.0 Å². The fourth-order valence-electron chi connectivity index (χ4n) is 3.28. The van der Waals surface area contributed by atoms with Gasteiger partial charge in [-0.25, -0.2) is 4.99 Å². The predicted molar refractivity (Wildman–Crippen MR) is 128 cm³/mol. The number of ether oxygens (including phenoxy) is 1. The molecule has 0 aromatic heterocycles. The number of rotatable bonds is 6. The highest BCUT2D eigenvalue weighted by atomic mass is 127. The number of anilines is 1. The van der Waals surface area contributed by atoms with Crippen LogP contribution in [0.25, 0.3) is 0 Å². The maximum Gasteiger partial charge on any atom is 0.191 e. The van der Waals surface area contributed by atoms with Crippen LogP contribution in [0.1, 0.15) is 24.5 Å². The van der Waals surface area contributed by atoms with Crippen molar-refractivity contribution in [1.82, 2.24) is 10.6 Å². The summed E-state index contributed by atoms with van der Waals surface area (Å²) >= 11 is 0. The van der Waals surface area contributed by atoms with Crippen molar-refractivity contribution in [2.45, 2.75) is 32.9 Å². The maximum atomic E-state index is 5.21. The molecule has 1 aliphatic heterocycles. The van der Waals surface area contributed by atoms with Crippen molar-refractivity contribution in [3.63, 3.8) is 0 Å².